The molecule has 1 rings (SSSR count). The van der Waals surface area contributed by atoms with Crippen LogP contribution in [0.15, 0.2) is 32.0 Å². The van der Waals surface area contributed by atoms with E-state index in [1.54, 1.807) is 6.92 Å². The third kappa shape index (κ3) is 15.3. The summed E-state index contributed by atoms with van der Waals surface area (Å²) >= 11 is 0. The molecule has 13 heteroatoms. The van der Waals surface area contributed by atoms with Gasteiger partial charge in [-0.2, -0.15) is 0 Å². The van der Waals surface area contributed by atoms with E-state index in [0.717, 1.165) is 63.9 Å². The van der Waals surface area contributed by atoms with Crippen LogP contribution in [-0.4, -0.2) is 57.6 Å². The number of rotatable bonds is 24. The number of carbonyl (C=O) groups excluding carboxylic acids is 3. The fourth-order valence-corrected chi connectivity index (χ4v) is 4.45. The Hall–Kier alpha value is -3.73. The van der Waals surface area contributed by atoms with E-state index in [9.17, 15) is 28.8 Å². The van der Waals surface area contributed by atoms with Crippen molar-refractivity contribution in [3.8, 4) is 0 Å². The maximum atomic E-state index is 13.2. The Morgan fingerprint density at radius 1 is 0.837 bits per heavy atom. The summed E-state index contributed by atoms with van der Waals surface area (Å²) in [6.07, 6.45) is 11.8. The van der Waals surface area contributed by atoms with Crippen molar-refractivity contribution in [2.24, 2.45) is 4.99 Å². The van der Waals surface area contributed by atoms with Gasteiger partial charge in [0.2, 0.25) is 6.08 Å². The van der Waals surface area contributed by atoms with E-state index in [2.05, 4.69) is 23.8 Å². The van der Waals surface area contributed by atoms with Gasteiger partial charge in [-0.25, -0.2) is 47.5 Å². The minimum Gasteiger partial charge on any atom is -0.459 e. The third-order valence-electron chi connectivity index (χ3n) is 6.85. The topological polar surface area (TPSA) is 160 Å². The minimum atomic E-state index is -0.610. The molecule has 1 amide bonds. The number of nitrogens with zero attached hydrogens (tertiary/aromatic N) is 4. The molecule has 0 radical (unpaired) electrons. The van der Waals surface area contributed by atoms with Gasteiger partial charge in [0.05, 0.1) is 6.54 Å². The zero-order valence-electron chi connectivity index (χ0n) is 25.9. The second-order valence-corrected chi connectivity index (χ2v) is 10.5. The van der Waals surface area contributed by atoms with Crippen molar-refractivity contribution in [1.82, 2.24) is 19.0 Å². The quantitative estimate of drug-likeness (QED) is 0.0615. The molecule has 1 aromatic rings. The van der Waals surface area contributed by atoms with Gasteiger partial charge in [-0.1, -0.05) is 64.9 Å². The zero-order valence-corrected chi connectivity index (χ0v) is 25.9. The Morgan fingerprint density at radius 2 is 1.33 bits per heavy atom. The number of aliphatic imine (C=N–C) groups is 1. The Labute approximate surface area is 253 Å². The molecule has 0 spiro atoms. The number of alkyl carbamates (subject to hydrolysis) is 1. The lowest BCUT2D eigenvalue weighted by Crippen LogP contribution is -2.54. The van der Waals surface area contributed by atoms with Crippen molar-refractivity contribution in [3.63, 3.8) is 0 Å². The van der Waals surface area contributed by atoms with E-state index in [4.69, 9.17) is 9.47 Å². The second kappa shape index (κ2) is 22.8. The molecule has 1 unspecified atom stereocenters. The molecule has 1 atom stereocenters. The summed E-state index contributed by atoms with van der Waals surface area (Å²) < 4.78 is 13.5. The number of isocyanates is 1. The van der Waals surface area contributed by atoms with Crippen molar-refractivity contribution in [2.45, 2.75) is 123 Å². The summed E-state index contributed by atoms with van der Waals surface area (Å²) in [5, 5.41) is 2.64. The van der Waals surface area contributed by atoms with Crippen molar-refractivity contribution >= 4 is 18.1 Å². The summed E-state index contributed by atoms with van der Waals surface area (Å²) in [5.74, 6) is -0.590. The van der Waals surface area contributed by atoms with E-state index >= 15 is 0 Å². The van der Waals surface area contributed by atoms with E-state index in [0.29, 0.717) is 38.8 Å². The van der Waals surface area contributed by atoms with Crippen LogP contribution in [0, 0.1) is 0 Å². The highest BCUT2D eigenvalue weighted by Gasteiger charge is 2.15. The highest BCUT2D eigenvalue weighted by Crippen LogP contribution is 2.04. The van der Waals surface area contributed by atoms with Gasteiger partial charge in [0.1, 0.15) is 12.7 Å². The molecule has 0 aliphatic heterocycles. The summed E-state index contributed by atoms with van der Waals surface area (Å²) in [4.78, 5) is 76.1. The molecule has 1 heterocycles. The first-order valence-corrected chi connectivity index (χ1v) is 15.5. The van der Waals surface area contributed by atoms with Gasteiger partial charge < -0.3 is 14.8 Å². The molecular formula is C30H49N5O8. The van der Waals surface area contributed by atoms with Gasteiger partial charge in [0, 0.05) is 32.3 Å². The Bertz CT molecular complexity index is 1210. The molecular weight excluding hydrogens is 558 g/mol. The van der Waals surface area contributed by atoms with Crippen LogP contribution in [-0.2, 0) is 38.7 Å². The van der Waals surface area contributed by atoms with Crippen LogP contribution in [0.5, 0.6) is 0 Å². The first kappa shape index (κ1) is 37.3. The molecule has 13 nitrogen and oxygen atoms in total. The summed E-state index contributed by atoms with van der Waals surface area (Å²) in [5.41, 5.74) is -1.70. The summed E-state index contributed by atoms with van der Waals surface area (Å²) in [7, 11) is 0. The van der Waals surface area contributed by atoms with Gasteiger partial charge in [-0.05, 0) is 39.0 Å². The molecule has 0 fully saturated rings. The summed E-state index contributed by atoms with van der Waals surface area (Å²) in [6, 6.07) is 0. The Kier molecular flexibility index (Phi) is 19.8. The van der Waals surface area contributed by atoms with Crippen molar-refractivity contribution < 1.29 is 23.9 Å². The number of hydrogen-bond acceptors (Lipinski definition) is 9. The lowest BCUT2D eigenvalue weighted by atomic mass is 10.1. The van der Waals surface area contributed by atoms with E-state index < -0.39 is 35.2 Å². The van der Waals surface area contributed by atoms with Crippen LogP contribution in [0.1, 0.15) is 97.3 Å². The molecule has 0 aliphatic rings. The molecule has 0 aromatic carbocycles. The number of hydrogen-bond donors (Lipinski definition) is 1. The van der Waals surface area contributed by atoms with Crippen LogP contribution in [0.3, 0.4) is 0 Å². The number of ether oxygens (including phenoxy) is 2. The summed E-state index contributed by atoms with van der Waals surface area (Å²) in [6.45, 7) is 8.46. The molecule has 43 heavy (non-hydrogen) atoms. The maximum Gasteiger partial charge on any atom is 0.407 e. The van der Waals surface area contributed by atoms with Gasteiger partial charge in [-0.15, -0.1) is 0 Å². The van der Waals surface area contributed by atoms with Crippen LogP contribution in [0.4, 0.5) is 4.79 Å². The Morgan fingerprint density at radius 3 is 1.81 bits per heavy atom. The molecule has 0 aliphatic carbocycles. The van der Waals surface area contributed by atoms with Crippen LogP contribution in [0.25, 0.3) is 0 Å². The minimum absolute atomic E-state index is 0.0659. The first-order valence-electron chi connectivity index (χ1n) is 15.5. The Balaban J connectivity index is 2.67. The van der Waals surface area contributed by atoms with Gasteiger partial charge >= 0.3 is 29.1 Å². The van der Waals surface area contributed by atoms with Crippen LogP contribution >= 0.6 is 0 Å². The highest BCUT2D eigenvalue weighted by molar-refractivity contribution is 5.81. The van der Waals surface area contributed by atoms with Crippen LogP contribution in [0.2, 0.25) is 0 Å². The maximum absolute atomic E-state index is 13.2. The average molecular weight is 608 g/mol. The molecule has 0 saturated carbocycles. The van der Waals surface area contributed by atoms with E-state index in [1.165, 1.54) is 19.8 Å². The molecule has 1 N–H and O–H groups in total. The zero-order chi connectivity index (χ0) is 31.9. The van der Waals surface area contributed by atoms with Crippen molar-refractivity contribution in [3.05, 3.63) is 44.1 Å². The molecule has 242 valence electrons. The number of amides is 1. The second-order valence-electron chi connectivity index (χ2n) is 10.5. The lowest BCUT2D eigenvalue weighted by molar-refractivity contribution is -0.140. The fourth-order valence-electron chi connectivity index (χ4n) is 4.45. The van der Waals surface area contributed by atoms with E-state index in [1.807, 2.05) is 0 Å². The average Bonchev–Trinajstić information content (AvgIpc) is 2.99. The van der Waals surface area contributed by atoms with Gasteiger partial charge in [0.25, 0.3) is 0 Å². The largest absolute Gasteiger partial charge is 0.459 e. The number of unbranched alkanes of at least 4 members (excludes halogenated alkanes) is 10. The van der Waals surface area contributed by atoms with Crippen molar-refractivity contribution in [2.75, 3.05) is 19.7 Å². The molecule has 1 aromatic heterocycles. The van der Waals surface area contributed by atoms with Crippen LogP contribution < -0.4 is 22.4 Å². The van der Waals surface area contributed by atoms with E-state index in [-0.39, 0.29) is 26.2 Å². The normalized spacial score (nSPS) is 11.4. The van der Waals surface area contributed by atoms with Gasteiger partial charge in [-0.3, -0.25) is 0 Å². The number of esters is 1. The number of nitrogens with one attached hydrogen (secondary N) is 1. The molecule has 0 bridgehead atoms. The highest BCUT2D eigenvalue weighted by atomic mass is 16.6. The number of aromatic nitrogens is 3. The standard InChI is InChI=1S/C30H49N5O8/c1-4-6-7-10-15-20-33-28(39)34(21-16-11-8-13-18-31-24-36)30(41)35(29(33)40)22-17-12-9-14-19-32-27(38)43-25(3)23-42-26(37)5-2/h5,25H,2,4,6-23H2,1,3H3,(H,32,38). The van der Waals surface area contributed by atoms with Gasteiger partial charge in [0.15, 0.2) is 0 Å². The SMILES string of the molecule is C=CC(=O)OCC(C)OC(=O)NCCCCCCn1c(=O)n(CCCCCCC)c(=O)n(CCCCCCN=C=O)c1=O. The fraction of sp³-hybridized carbons (Fsp3) is 0.733. The number of carbonyl (C=O) groups is 2. The smallest absolute Gasteiger partial charge is 0.407 e. The van der Waals surface area contributed by atoms with Crippen molar-refractivity contribution in [1.29, 1.82) is 0 Å². The predicted molar refractivity (Wildman–Crippen MR) is 163 cm³/mol. The lowest BCUT2D eigenvalue weighted by Gasteiger charge is -2.14. The predicted octanol–water partition coefficient (Wildman–Crippen LogP) is 3.44. The monoisotopic (exact) mass is 607 g/mol. The first-order chi connectivity index (χ1) is 20.8. The molecule has 0 saturated heterocycles. The third-order valence-corrected chi connectivity index (χ3v) is 6.85.